The van der Waals surface area contributed by atoms with Crippen molar-refractivity contribution in [1.82, 2.24) is 77.0 Å². The zero-order chi connectivity index (χ0) is 99.0. The van der Waals surface area contributed by atoms with Crippen LogP contribution in [0.3, 0.4) is 0 Å². The van der Waals surface area contributed by atoms with E-state index in [4.69, 9.17) is 27.7 Å². The summed E-state index contributed by atoms with van der Waals surface area (Å²) in [5.41, 5.74) is 27.1. The summed E-state index contributed by atoms with van der Waals surface area (Å²) in [5, 5.41) is 45.7. The number of rotatable bonds is 30. The van der Waals surface area contributed by atoms with Gasteiger partial charge in [-0.25, -0.2) is 0 Å². The molecule has 0 unspecified atom stereocenters. The number of fused-ring (bicyclic) bond motifs is 4. The molecule has 4 aliphatic heterocycles. The van der Waals surface area contributed by atoms with E-state index in [0.717, 1.165) is 26.5 Å². The Balaban J connectivity index is 1.11. The number of nitrogens with one attached hydrogen (secondary N) is 10. The van der Waals surface area contributed by atoms with E-state index in [-0.39, 0.29) is 128 Å². The highest BCUT2D eigenvalue weighted by molar-refractivity contribution is 8.00. The van der Waals surface area contributed by atoms with Gasteiger partial charge in [0.05, 0.1) is 43.4 Å². The third-order valence-corrected chi connectivity index (χ3v) is 26.5. The Morgan fingerprint density at radius 3 is 1.71 bits per heavy atom. The van der Waals surface area contributed by atoms with Gasteiger partial charge in [-0.2, -0.15) is 0 Å². The van der Waals surface area contributed by atoms with Crippen LogP contribution in [0.1, 0.15) is 172 Å². The Hall–Kier alpha value is -12.5. The van der Waals surface area contributed by atoms with Crippen molar-refractivity contribution in [3.63, 3.8) is 0 Å². The lowest BCUT2D eigenvalue weighted by Gasteiger charge is -2.36. The summed E-state index contributed by atoms with van der Waals surface area (Å²) >= 11 is 0.860. The number of carboxylic acids is 1. The number of methoxy groups -OCH3 is 1. The van der Waals surface area contributed by atoms with Crippen LogP contribution in [0.25, 0.3) is 21.8 Å². The molecule has 3 fully saturated rings. The number of hydrogen-bond acceptors (Lipinski definition) is 24. The summed E-state index contributed by atoms with van der Waals surface area (Å²) in [6.45, 7) is 4.67. The minimum Gasteiger partial charge on any atom is -0.497 e. The van der Waals surface area contributed by atoms with Gasteiger partial charge < -0.3 is 115 Å². The maximum atomic E-state index is 15.8. The molecule has 3 saturated heterocycles. The molecule has 0 bridgehead atoms. The predicted molar refractivity (Wildman–Crippen MR) is 508 cm³/mol. The van der Waals surface area contributed by atoms with Crippen LogP contribution in [-0.2, 0) is 101 Å². The summed E-state index contributed by atoms with van der Waals surface area (Å²) in [7, 11) is 5.49. The van der Waals surface area contributed by atoms with E-state index in [9.17, 15) is 53.4 Å². The van der Waals surface area contributed by atoms with E-state index in [1.54, 1.807) is 91.4 Å². The molecule has 6 heterocycles. The number of carbonyl (C=O) groups is 17. The quantitative estimate of drug-likeness (QED) is 0.0285. The molecule has 4 aliphatic rings. The molecule has 0 aliphatic carbocycles. The van der Waals surface area contributed by atoms with Crippen LogP contribution in [0.4, 0.5) is 0 Å². The number of aliphatic imine (C=N–C) groups is 1. The molecule has 3 aromatic carbocycles. The zero-order valence-corrected chi connectivity index (χ0v) is 79.3. The fourth-order valence-corrected chi connectivity index (χ4v) is 18.4. The van der Waals surface area contributed by atoms with E-state index in [2.05, 4.69) is 57.5 Å². The molecule has 0 radical (unpaired) electrons. The van der Waals surface area contributed by atoms with Crippen LogP contribution >= 0.6 is 11.8 Å². The first-order valence-corrected chi connectivity index (χ1v) is 47.9. The number of aromatic amines is 2. The molecule has 0 saturated carbocycles. The molecular formula is C95H134N20O20S. The van der Waals surface area contributed by atoms with E-state index < -0.39 is 229 Å². The second-order valence-corrected chi connectivity index (χ2v) is 36.4. The van der Waals surface area contributed by atoms with E-state index >= 15 is 38.4 Å². The minimum absolute atomic E-state index is 0.00199. The molecule has 15 atom stereocenters. The smallest absolute Gasteiger partial charge is 0.304 e. The van der Waals surface area contributed by atoms with Crippen molar-refractivity contribution in [3.8, 4) is 5.75 Å². The minimum atomic E-state index is -1.78. The second-order valence-electron chi connectivity index (χ2n) is 35.4. The largest absolute Gasteiger partial charge is 0.497 e. The third kappa shape index (κ3) is 29.8. The number of thioether (sulfide) groups is 1. The van der Waals surface area contributed by atoms with Crippen molar-refractivity contribution in [2.45, 2.75) is 260 Å². The number of carboxylic acid groups (broad SMARTS) is 1. The van der Waals surface area contributed by atoms with Gasteiger partial charge in [0.15, 0.2) is 11.6 Å². The zero-order valence-electron chi connectivity index (χ0n) is 78.5. The van der Waals surface area contributed by atoms with Crippen molar-refractivity contribution >= 4 is 140 Å². The number of amides is 14. The average Bonchev–Trinajstić information content (AvgIpc) is 1.60. The van der Waals surface area contributed by atoms with Gasteiger partial charge in [-0.1, -0.05) is 88.1 Å². The van der Waals surface area contributed by atoms with Gasteiger partial charge in [-0.05, 0) is 144 Å². The number of aromatic nitrogens is 2. The predicted octanol–water partition coefficient (Wildman–Crippen LogP) is 0.995. The van der Waals surface area contributed by atoms with Gasteiger partial charge in [-0.15, -0.1) is 11.8 Å². The monoisotopic (exact) mass is 1910 g/mol. The van der Waals surface area contributed by atoms with Gasteiger partial charge in [0.1, 0.15) is 72.2 Å². The summed E-state index contributed by atoms with van der Waals surface area (Å²) in [5.74, 6) is -17.0. The number of H-pyrrole nitrogens is 2. The number of nitrogens with zero attached hydrogens (tertiary/aromatic N) is 6. The van der Waals surface area contributed by atoms with Crippen molar-refractivity contribution in [3.05, 3.63) is 114 Å². The molecule has 5 aromatic rings. The van der Waals surface area contributed by atoms with Crippen molar-refractivity contribution < 1.29 is 96.5 Å². The summed E-state index contributed by atoms with van der Waals surface area (Å²) in [4.78, 5) is 268. The number of aliphatic hydroxyl groups excluding tert-OH is 1. The molecule has 0 spiro atoms. The maximum Gasteiger partial charge on any atom is 0.304 e. The Morgan fingerprint density at radius 2 is 1.10 bits per heavy atom. The number of carbonyl (C=O) groups excluding carboxylic acids is 16. The first-order valence-electron chi connectivity index (χ1n) is 46.8. The van der Waals surface area contributed by atoms with Gasteiger partial charge >= 0.3 is 5.97 Å². The van der Waals surface area contributed by atoms with E-state index in [0.29, 0.717) is 81.9 Å². The normalized spacial score (nSPS) is 25.2. The van der Waals surface area contributed by atoms with Crippen LogP contribution in [0, 0.1) is 5.92 Å². The van der Waals surface area contributed by atoms with Gasteiger partial charge in [0.2, 0.25) is 82.7 Å². The van der Waals surface area contributed by atoms with Crippen LogP contribution in [-0.4, -0.2) is 308 Å². The number of ketones is 2. The highest BCUT2D eigenvalue weighted by Crippen LogP contribution is 2.30. The summed E-state index contributed by atoms with van der Waals surface area (Å²) < 4.78 is 5.37. The summed E-state index contributed by atoms with van der Waals surface area (Å²) in [6, 6.07) is 1.98. The number of aliphatic hydroxyl groups is 1. The fraction of sp³-hybridized carbons (Fsp3) is 0.558. The molecule has 20 N–H and O–H groups in total. The second kappa shape index (κ2) is 52.6. The lowest BCUT2D eigenvalue weighted by Crippen LogP contribution is -2.60. The lowest BCUT2D eigenvalue weighted by molar-refractivity contribution is -0.150. The SMILES string of the molecule is CCCC[C@H]1C(=O)N(C)[C@@H](CCCC)C(=O)N[C@@H](CCCN)C(=O)N[C@H](C(=O)CCC(N)=O)CSCC(=O)N[C@@H](Cc2ccc(OC)cc2)C(=O)N(C)[C@@H](C)C(=O)N[C@@H](CCN)C(=O)N2CCC[C@H]2C(=O)N[C@@H](CC2=CN=CC2)C(=O)N[C@@H](CCCCN)C(=O)N2C[C@H](O)C[C@H]2C(=O)N[C@@H](Cc2c[nH]c3ccccc23)C(=O)C[C@@H](CC(=O)O)C(=O)N[C@@H](Cc2c[nH]c3ccccc23)C(=O)N1C. The Kier molecular flexibility index (Phi) is 41.4. The number of ether oxygens (including phenoxy) is 1. The Morgan fingerprint density at radius 1 is 0.537 bits per heavy atom. The number of primary amides is 1. The van der Waals surface area contributed by atoms with Crippen molar-refractivity contribution in [1.29, 1.82) is 0 Å². The first kappa shape index (κ1) is 107. The Bertz CT molecular complexity index is 5120. The van der Waals surface area contributed by atoms with Gasteiger partial charge in [-0.3, -0.25) is 86.5 Å². The molecule has 2 aromatic heterocycles. The molecule has 14 amide bonds. The molecule has 41 heteroatoms. The highest BCUT2D eigenvalue weighted by atomic mass is 32.2. The highest BCUT2D eigenvalue weighted by Gasteiger charge is 2.47. The third-order valence-electron chi connectivity index (χ3n) is 25.5. The van der Waals surface area contributed by atoms with Crippen LogP contribution < -0.4 is 70.2 Å². The standard InChI is InChI=1S/C95H134N20O20S/c1-8-10-26-75-88(127)104-67(25-18-38-97)86(125)110-74(79(117)33-34-81(99)119)53-136-54-82(120)103-72(42-56-29-31-62(135-7)32-30-56)91(130)111(4)55(3)84(123)105-69(35-39-98)93(132)114-41-19-28-76(114)89(128)108-71(43-57-36-40-100-49-57)87(126)106-68(24-16-17-37-96)94(133)115-52-61(116)48-78(115)90(129)107-70(44-59-50-101-65-22-14-12-20-63(59)65)80(118)46-58(47-83(121)122)85(124)109-73(45-60-51-102-66-23-15-13-21-64(60)66)92(131)113(6)77(27-11-9-2)95(134)112(75)5/h12-15,20-23,29-32,40,49-51,55,58,61,67-78,101-102,116H,8-11,16-19,24-28,33-39,41-48,52-54,96-98H2,1-7H3,(H2,99,119)(H,103,120)(H,104,127)(H,105,123)(H,106,126)(H,107,129)(H,108,128)(H,109,124)(H,110,125)(H,121,122)/t55-,58-,61+,67-,68-,69-,70-,71-,72-,73-,74-,75-,76-,77-,78-/m0/s1. The molecular weight excluding hydrogens is 1770 g/mol. The van der Waals surface area contributed by atoms with Crippen LogP contribution in [0.5, 0.6) is 5.75 Å². The fourth-order valence-electron chi connectivity index (χ4n) is 17.6. The molecule has 136 heavy (non-hydrogen) atoms. The number of para-hydroxylation sites is 2. The number of hydrogen-bond donors (Lipinski definition) is 16. The molecule has 40 nitrogen and oxygen atoms in total. The lowest BCUT2D eigenvalue weighted by atomic mass is 9.91. The van der Waals surface area contributed by atoms with E-state index in [1.807, 2.05) is 13.8 Å². The number of aliphatic carboxylic acids is 1. The number of benzene rings is 3. The Labute approximate surface area is 794 Å². The topological polar surface area (TPSA) is 600 Å². The molecule has 740 valence electrons. The van der Waals surface area contributed by atoms with E-state index in [1.165, 1.54) is 51.2 Å². The van der Waals surface area contributed by atoms with Crippen LogP contribution in [0.2, 0.25) is 0 Å². The average molecular weight is 1910 g/mol. The van der Waals surface area contributed by atoms with Crippen molar-refractivity contribution in [2.75, 3.05) is 72.5 Å². The number of unbranched alkanes of at least 4 members (excludes halogenated alkanes) is 3. The molecule has 9 rings (SSSR count). The van der Waals surface area contributed by atoms with Crippen molar-refractivity contribution in [2.24, 2.45) is 33.8 Å². The number of nitrogens with two attached hydrogens (primary N) is 4. The first-order chi connectivity index (χ1) is 65.1. The maximum absolute atomic E-state index is 15.8. The number of Topliss-reactive ketones (excluding diaryl/α,β-unsaturated/α-hetero) is 2. The van der Waals surface area contributed by atoms with Crippen LogP contribution in [0.15, 0.2) is 102 Å². The number of likely N-dealkylation sites (N-methyl/N-ethyl adjacent to an activating group) is 3. The van der Waals surface area contributed by atoms with Gasteiger partial charge in [0, 0.05) is 138 Å². The van der Waals surface area contributed by atoms with Gasteiger partial charge in [0.25, 0.3) is 0 Å². The summed E-state index contributed by atoms with van der Waals surface area (Å²) in [6.07, 6.45) is 3.65.